The fraction of sp³-hybridized carbons (Fsp3) is 0.964. The number of fused-ring (bicyclic) bond motifs is 5. The van der Waals surface area contributed by atoms with E-state index in [1.807, 2.05) is 6.92 Å². The molecule has 0 amide bonds. The summed E-state index contributed by atoms with van der Waals surface area (Å²) in [6.45, 7) is 13.1. The lowest BCUT2D eigenvalue weighted by Gasteiger charge is -2.55. The molecule has 4 rings (SSSR count). The minimum Gasteiger partial charge on any atom is -0.462 e. The molecule has 5 nitrogen and oxygen atoms in total. The summed E-state index contributed by atoms with van der Waals surface area (Å²) < 4.78 is 5.98. The molecule has 0 radical (unpaired) electrons. The molecule has 33 heavy (non-hydrogen) atoms. The van der Waals surface area contributed by atoms with Crippen LogP contribution in [0, 0.1) is 52.3 Å². The van der Waals surface area contributed by atoms with E-state index >= 15 is 0 Å². The Morgan fingerprint density at radius 3 is 2.21 bits per heavy atom. The van der Waals surface area contributed by atoms with Gasteiger partial charge in [-0.25, -0.2) is 0 Å². The van der Waals surface area contributed by atoms with Crippen LogP contribution in [0.3, 0.4) is 0 Å². The Morgan fingerprint density at radius 2 is 1.55 bits per heavy atom. The number of hydrogen-bond acceptors (Lipinski definition) is 5. The number of carbonyl (C=O) groups is 1. The van der Waals surface area contributed by atoms with E-state index in [-0.39, 0.29) is 40.8 Å². The van der Waals surface area contributed by atoms with E-state index in [0.29, 0.717) is 42.4 Å². The van der Waals surface area contributed by atoms with Gasteiger partial charge in [-0.05, 0) is 85.4 Å². The second-order valence-corrected chi connectivity index (χ2v) is 13.2. The van der Waals surface area contributed by atoms with Crippen molar-refractivity contribution in [3.63, 3.8) is 0 Å². The number of hydrogen-bond donors (Lipinski definition) is 3. The third kappa shape index (κ3) is 4.18. The van der Waals surface area contributed by atoms with Gasteiger partial charge in [0.05, 0.1) is 18.3 Å². The minimum absolute atomic E-state index is 0.0265. The summed E-state index contributed by atoms with van der Waals surface area (Å²) >= 11 is 0. The van der Waals surface area contributed by atoms with Crippen molar-refractivity contribution >= 4 is 5.97 Å². The van der Waals surface area contributed by atoms with Crippen molar-refractivity contribution in [2.45, 2.75) is 117 Å². The first-order chi connectivity index (χ1) is 15.4. The molecule has 12 atom stereocenters. The first kappa shape index (κ1) is 25.4. The number of esters is 1. The summed E-state index contributed by atoms with van der Waals surface area (Å²) in [5.41, 5.74) is 0.0243. The first-order valence-electron chi connectivity index (χ1n) is 13.6. The molecule has 0 unspecified atom stereocenters. The first-order valence-corrected chi connectivity index (χ1v) is 13.6. The van der Waals surface area contributed by atoms with Crippen LogP contribution in [-0.2, 0) is 9.53 Å². The summed E-state index contributed by atoms with van der Waals surface area (Å²) in [6, 6.07) is 0. The predicted molar refractivity (Wildman–Crippen MR) is 128 cm³/mol. The molecule has 0 aromatic carbocycles. The van der Waals surface area contributed by atoms with Crippen LogP contribution >= 0.6 is 0 Å². The Hall–Kier alpha value is -0.650. The monoisotopic (exact) mass is 464 g/mol. The highest BCUT2D eigenvalue weighted by molar-refractivity contribution is 5.70. The third-order valence-corrected chi connectivity index (χ3v) is 11.4. The van der Waals surface area contributed by atoms with Gasteiger partial charge < -0.3 is 20.1 Å². The number of carbonyl (C=O) groups excluding carboxylic acids is 1. The molecule has 0 bridgehead atoms. The van der Waals surface area contributed by atoms with Crippen molar-refractivity contribution in [2.75, 3.05) is 0 Å². The maximum absolute atomic E-state index is 12.9. The van der Waals surface area contributed by atoms with Gasteiger partial charge in [-0.1, -0.05) is 41.5 Å². The normalized spacial score (nSPS) is 46.9. The lowest BCUT2D eigenvalue weighted by atomic mass is 9.49. The summed E-state index contributed by atoms with van der Waals surface area (Å²) in [5.74, 6) is 1.88. The van der Waals surface area contributed by atoms with Crippen LogP contribution < -0.4 is 0 Å². The predicted octanol–water partition coefficient (Wildman–Crippen LogP) is 4.56. The largest absolute Gasteiger partial charge is 0.462 e. The van der Waals surface area contributed by atoms with E-state index in [1.54, 1.807) is 0 Å². The minimum atomic E-state index is -0.721. The Balaban J connectivity index is 1.57. The lowest BCUT2D eigenvalue weighted by Crippen LogP contribution is -2.53. The Kier molecular flexibility index (Phi) is 7.01. The van der Waals surface area contributed by atoms with Gasteiger partial charge in [-0.2, -0.15) is 0 Å². The topological polar surface area (TPSA) is 87.0 Å². The zero-order chi connectivity index (χ0) is 24.3. The molecule has 0 aromatic rings. The Labute approximate surface area is 200 Å². The van der Waals surface area contributed by atoms with Crippen molar-refractivity contribution in [1.82, 2.24) is 0 Å². The highest BCUT2D eigenvalue weighted by Crippen LogP contribution is 2.66. The SMILES string of the molecule is CC(C)[C@H](C)[C@@H](O)[C@H](O)[C@@H](C)[C@H]1CC[C@H]2[C@@H]3CC(=O)O[C@H]4C[C@@H](O)CC[C@]4(C)[C@H]3CC[C@]12C. The third-order valence-electron chi connectivity index (χ3n) is 11.4. The maximum atomic E-state index is 12.9. The van der Waals surface area contributed by atoms with Crippen LogP contribution in [0.5, 0.6) is 0 Å². The number of rotatable bonds is 5. The fourth-order valence-electron chi connectivity index (χ4n) is 8.83. The maximum Gasteiger partial charge on any atom is 0.306 e. The molecule has 4 aliphatic rings. The molecule has 3 saturated carbocycles. The zero-order valence-electron chi connectivity index (χ0n) is 21.7. The average molecular weight is 465 g/mol. The highest BCUT2D eigenvalue weighted by atomic mass is 16.5. The molecule has 3 aliphatic carbocycles. The molecular formula is C28H48O5. The molecule has 1 aliphatic heterocycles. The van der Waals surface area contributed by atoms with Gasteiger partial charge in [0.1, 0.15) is 6.10 Å². The molecule has 190 valence electrons. The van der Waals surface area contributed by atoms with Crippen molar-refractivity contribution in [1.29, 1.82) is 0 Å². The van der Waals surface area contributed by atoms with Crippen molar-refractivity contribution in [2.24, 2.45) is 52.3 Å². The quantitative estimate of drug-likeness (QED) is 0.519. The van der Waals surface area contributed by atoms with Crippen LogP contribution in [0.4, 0.5) is 0 Å². The smallest absolute Gasteiger partial charge is 0.306 e. The van der Waals surface area contributed by atoms with E-state index in [0.717, 1.165) is 38.5 Å². The fourth-order valence-corrected chi connectivity index (χ4v) is 8.83. The molecular weight excluding hydrogens is 416 g/mol. The van der Waals surface area contributed by atoms with E-state index in [1.165, 1.54) is 0 Å². The van der Waals surface area contributed by atoms with E-state index in [2.05, 4.69) is 34.6 Å². The summed E-state index contributed by atoms with van der Waals surface area (Å²) in [4.78, 5) is 12.9. The zero-order valence-corrected chi connectivity index (χ0v) is 21.7. The summed E-state index contributed by atoms with van der Waals surface area (Å²) in [7, 11) is 0. The van der Waals surface area contributed by atoms with Gasteiger partial charge in [-0.15, -0.1) is 0 Å². The van der Waals surface area contributed by atoms with Crippen molar-refractivity contribution in [3.8, 4) is 0 Å². The Bertz CT molecular complexity index is 723. The van der Waals surface area contributed by atoms with Gasteiger partial charge in [-0.3, -0.25) is 4.79 Å². The van der Waals surface area contributed by atoms with Crippen molar-refractivity contribution in [3.05, 3.63) is 0 Å². The van der Waals surface area contributed by atoms with Crippen LogP contribution in [0.1, 0.15) is 92.9 Å². The molecule has 3 N–H and O–H groups in total. The molecule has 1 saturated heterocycles. The highest BCUT2D eigenvalue weighted by Gasteiger charge is 2.61. The van der Waals surface area contributed by atoms with Gasteiger partial charge in [0.15, 0.2) is 0 Å². The number of aliphatic hydroxyl groups is 3. The Morgan fingerprint density at radius 1 is 0.909 bits per heavy atom. The molecule has 0 aromatic heterocycles. The standard InChI is InChI=1S/C28H48O5/c1-15(2)16(3)25(31)26(32)17(4)20-7-8-21-19-14-24(30)33-23-13-18(29)9-11-28(23,6)22(19)10-12-27(20,21)5/h15-23,25-26,29,31-32H,7-14H2,1-6H3/t16-,17-,18-,19-,20+,21-,22-,23-,25+,26+,27+,28+/m0/s1. The molecule has 4 fully saturated rings. The molecule has 0 spiro atoms. The molecule has 1 heterocycles. The second-order valence-electron chi connectivity index (χ2n) is 13.2. The van der Waals surface area contributed by atoms with Crippen LogP contribution in [-0.4, -0.2) is 45.7 Å². The van der Waals surface area contributed by atoms with Crippen molar-refractivity contribution < 1.29 is 24.9 Å². The van der Waals surface area contributed by atoms with Crippen LogP contribution in [0.15, 0.2) is 0 Å². The number of ether oxygens (including phenoxy) is 1. The van der Waals surface area contributed by atoms with Gasteiger partial charge in [0.2, 0.25) is 0 Å². The summed E-state index contributed by atoms with van der Waals surface area (Å²) in [5, 5.41) is 32.3. The van der Waals surface area contributed by atoms with E-state index < -0.39 is 12.2 Å². The van der Waals surface area contributed by atoms with Crippen LogP contribution in [0.25, 0.3) is 0 Å². The van der Waals surface area contributed by atoms with Gasteiger partial charge >= 0.3 is 5.97 Å². The second kappa shape index (κ2) is 9.09. The van der Waals surface area contributed by atoms with Crippen LogP contribution in [0.2, 0.25) is 0 Å². The van der Waals surface area contributed by atoms with Gasteiger partial charge in [0.25, 0.3) is 0 Å². The summed E-state index contributed by atoms with van der Waals surface area (Å²) in [6.07, 6.45) is 5.17. The van der Waals surface area contributed by atoms with E-state index in [4.69, 9.17) is 4.74 Å². The van der Waals surface area contributed by atoms with Gasteiger partial charge in [0, 0.05) is 18.3 Å². The average Bonchev–Trinajstić information content (AvgIpc) is 3.06. The number of aliphatic hydroxyl groups excluding tert-OH is 3. The molecule has 5 heteroatoms. The lowest BCUT2D eigenvalue weighted by molar-refractivity contribution is -0.162. The van der Waals surface area contributed by atoms with E-state index in [9.17, 15) is 20.1 Å².